The highest BCUT2D eigenvalue weighted by Gasteiger charge is 2.34. The Labute approximate surface area is 124 Å². The summed E-state index contributed by atoms with van der Waals surface area (Å²) in [5, 5.41) is 0. The van der Waals surface area contributed by atoms with Gasteiger partial charge in [0, 0.05) is 0 Å². The third-order valence-corrected chi connectivity index (χ3v) is 3.85. The van der Waals surface area contributed by atoms with E-state index in [1.165, 1.54) is 12.8 Å². The van der Waals surface area contributed by atoms with Crippen molar-refractivity contribution in [1.29, 1.82) is 0 Å². The van der Waals surface area contributed by atoms with Crippen LogP contribution in [0.15, 0.2) is 0 Å². The van der Waals surface area contributed by atoms with Crippen molar-refractivity contribution in [3.8, 4) is 0 Å². The third-order valence-electron chi connectivity index (χ3n) is 3.85. The Morgan fingerprint density at radius 3 is 2.32 bits per heavy atom. The first-order chi connectivity index (χ1) is 8.19. The van der Waals surface area contributed by atoms with Crippen molar-refractivity contribution in [1.82, 2.24) is 0 Å². The molecule has 0 heterocycles. The number of hydrogen-bond donors (Lipinski definition) is 0. The lowest BCUT2D eigenvalue weighted by atomic mass is 9.75. The molecule has 0 aliphatic heterocycles. The lowest BCUT2D eigenvalue weighted by Gasteiger charge is -2.37. The smallest absolute Gasteiger partial charge is 0.362 e. The molecule has 19 heavy (non-hydrogen) atoms. The van der Waals surface area contributed by atoms with Crippen LogP contribution in [0, 0.1) is 17.8 Å². The van der Waals surface area contributed by atoms with E-state index in [2.05, 4.69) is 20.8 Å². The minimum absolute atomic E-state index is 0. The van der Waals surface area contributed by atoms with Crippen LogP contribution in [-0.2, 0) is 9.53 Å². The summed E-state index contributed by atoms with van der Waals surface area (Å²) >= 11 is 0. The summed E-state index contributed by atoms with van der Waals surface area (Å²) < 4.78 is 6.39. The maximum atomic E-state index is 12.0. The summed E-state index contributed by atoms with van der Waals surface area (Å²) in [6, 6.07) is 0. The fourth-order valence-electron chi connectivity index (χ4n) is 2.84. The van der Waals surface area contributed by atoms with Crippen LogP contribution in [-0.4, -0.2) is 44.2 Å². The van der Waals surface area contributed by atoms with Crippen molar-refractivity contribution in [3.63, 3.8) is 0 Å². The monoisotopic (exact) mass is 292 g/mol. The zero-order chi connectivity index (χ0) is 13.9. The first-order valence-corrected chi connectivity index (χ1v) is 7.19. The molecule has 0 bridgehead atoms. The van der Waals surface area contributed by atoms with E-state index < -0.39 is 0 Å². The first kappa shape index (κ1) is 18.7. The van der Waals surface area contributed by atoms with E-state index in [9.17, 15) is 4.79 Å². The highest BCUT2D eigenvalue weighted by atomic mass is 35.5. The van der Waals surface area contributed by atoms with Crippen molar-refractivity contribution in [2.45, 2.75) is 46.1 Å². The Balaban J connectivity index is 0.00000324. The number of nitrogens with zero attached hydrogens (tertiary/aromatic N) is 1. The van der Waals surface area contributed by atoms with Crippen LogP contribution in [0.5, 0.6) is 0 Å². The van der Waals surface area contributed by atoms with Crippen LogP contribution in [0.25, 0.3) is 0 Å². The van der Waals surface area contributed by atoms with Gasteiger partial charge in [-0.3, -0.25) is 0 Å². The Morgan fingerprint density at radius 2 is 1.84 bits per heavy atom. The Kier molecular flexibility index (Phi) is 7.38. The molecule has 1 saturated carbocycles. The summed E-state index contributed by atoms with van der Waals surface area (Å²) in [6.45, 7) is 7.19. The Morgan fingerprint density at radius 1 is 1.26 bits per heavy atom. The van der Waals surface area contributed by atoms with Crippen molar-refractivity contribution in [3.05, 3.63) is 0 Å². The van der Waals surface area contributed by atoms with E-state index >= 15 is 0 Å². The van der Waals surface area contributed by atoms with Gasteiger partial charge in [0.1, 0.15) is 6.10 Å². The van der Waals surface area contributed by atoms with E-state index in [0.717, 1.165) is 6.42 Å². The summed E-state index contributed by atoms with van der Waals surface area (Å²) in [5.74, 6) is 1.77. The predicted octanol–water partition coefficient (Wildman–Crippen LogP) is 3.12. The largest absolute Gasteiger partial charge is 0.458 e. The Bertz CT molecular complexity index is 286. The number of rotatable bonds is 4. The fourth-order valence-corrected chi connectivity index (χ4v) is 2.84. The van der Waals surface area contributed by atoms with E-state index in [4.69, 9.17) is 4.74 Å². The molecule has 0 aromatic rings. The van der Waals surface area contributed by atoms with E-state index in [1.807, 2.05) is 21.1 Å². The second kappa shape index (κ2) is 7.49. The van der Waals surface area contributed by atoms with E-state index in [-0.39, 0.29) is 24.5 Å². The zero-order valence-electron chi connectivity index (χ0n) is 13.3. The van der Waals surface area contributed by atoms with Crippen LogP contribution < -0.4 is 0 Å². The molecule has 0 unspecified atom stereocenters. The van der Waals surface area contributed by atoms with Gasteiger partial charge in [0.05, 0.1) is 21.1 Å². The highest BCUT2D eigenvalue weighted by Crippen LogP contribution is 2.35. The summed E-state index contributed by atoms with van der Waals surface area (Å²) in [6.07, 6.45) is 3.63. The van der Waals surface area contributed by atoms with Crippen molar-refractivity contribution in [2.24, 2.45) is 17.8 Å². The van der Waals surface area contributed by atoms with Gasteiger partial charge < -0.3 is 9.22 Å². The average Bonchev–Trinajstić information content (AvgIpc) is 2.13. The molecular formula is C15H31ClNO2+. The molecule has 0 amide bonds. The number of halogens is 1. The van der Waals surface area contributed by atoms with Gasteiger partial charge in [0.15, 0.2) is 6.54 Å². The zero-order valence-corrected chi connectivity index (χ0v) is 14.1. The molecule has 1 rings (SSSR count). The minimum atomic E-state index is -0.0488. The topological polar surface area (TPSA) is 26.3 Å². The van der Waals surface area contributed by atoms with Crippen molar-refractivity contribution < 1.29 is 14.0 Å². The van der Waals surface area contributed by atoms with Crippen LogP contribution >= 0.6 is 12.4 Å². The van der Waals surface area contributed by atoms with Gasteiger partial charge in [0.25, 0.3) is 0 Å². The standard InChI is InChI=1S/C15H30NO2.ClH/c1-11(2)13-8-7-12(3)9-14(13)18-15(17)10-16(4,5)6;/h11-14H,7-10H2,1-6H3;1H/q+1;/t12-,13+,14-;/m1./s1. The summed E-state index contributed by atoms with van der Waals surface area (Å²) in [5.41, 5.74) is 0. The van der Waals surface area contributed by atoms with Crippen LogP contribution in [0.3, 0.4) is 0 Å². The predicted molar refractivity (Wildman–Crippen MR) is 81.4 cm³/mol. The number of esters is 1. The van der Waals surface area contributed by atoms with Crippen LogP contribution in [0.1, 0.15) is 40.0 Å². The number of hydrogen-bond acceptors (Lipinski definition) is 2. The number of quaternary nitrogens is 1. The summed E-state index contributed by atoms with van der Waals surface area (Å²) in [4.78, 5) is 12.0. The molecule has 0 saturated heterocycles. The molecule has 0 aromatic heterocycles. The molecule has 0 spiro atoms. The molecule has 0 radical (unpaired) electrons. The molecule has 4 heteroatoms. The molecule has 1 aliphatic carbocycles. The summed E-state index contributed by atoms with van der Waals surface area (Å²) in [7, 11) is 6.06. The molecule has 0 N–H and O–H groups in total. The molecule has 1 aliphatic rings. The molecule has 1 fully saturated rings. The first-order valence-electron chi connectivity index (χ1n) is 7.19. The average molecular weight is 293 g/mol. The second-order valence-electron chi connectivity index (χ2n) is 7.30. The number of carbonyl (C=O) groups excluding carboxylic acids is 1. The van der Waals surface area contributed by atoms with E-state index in [0.29, 0.717) is 28.8 Å². The van der Waals surface area contributed by atoms with Crippen molar-refractivity contribution in [2.75, 3.05) is 27.7 Å². The second-order valence-corrected chi connectivity index (χ2v) is 7.30. The van der Waals surface area contributed by atoms with Crippen LogP contribution in [0.4, 0.5) is 0 Å². The lowest BCUT2D eigenvalue weighted by Crippen LogP contribution is -2.43. The van der Waals surface area contributed by atoms with Gasteiger partial charge in [-0.15, -0.1) is 12.4 Å². The van der Waals surface area contributed by atoms with E-state index in [1.54, 1.807) is 0 Å². The lowest BCUT2D eigenvalue weighted by molar-refractivity contribution is -0.862. The van der Waals surface area contributed by atoms with Gasteiger partial charge in [-0.1, -0.05) is 27.2 Å². The fraction of sp³-hybridized carbons (Fsp3) is 0.933. The van der Waals surface area contributed by atoms with Crippen molar-refractivity contribution >= 4 is 18.4 Å². The van der Waals surface area contributed by atoms with Crippen LogP contribution in [0.2, 0.25) is 0 Å². The molecule has 3 nitrogen and oxygen atoms in total. The van der Waals surface area contributed by atoms with Gasteiger partial charge in [0.2, 0.25) is 0 Å². The molecule has 3 atom stereocenters. The highest BCUT2D eigenvalue weighted by molar-refractivity contribution is 5.85. The molecule has 0 aromatic carbocycles. The number of carbonyl (C=O) groups is 1. The molecule has 114 valence electrons. The third kappa shape index (κ3) is 6.62. The van der Waals surface area contributed by atoms with Gasteiger partial charge >= 0.3 is 5.97 Å². The van der Waals surface area contributed by atoms with Gasteiger partial charge in [-0.2, -0.15) is 0 Å². The number of likely N-dealkylation sites (N-methyl/N-ethyl adjacent to an activating group) is 1. The maximum absolute atomic E-state index is 12.0. The SMILES string of the molecule is CC(C)[C@@H]1CC[C@@H](C)C[C@H]1OC(=O)C[N+](C)(C)C.Cl. The van der Waals surface area contributed by atoms with Gasteiger partial charge in [-0.05, 0) is 30.6 Å². The normalized spacial score (nSPS) is 27.8. The van der Waals surface area contributed by atoms with Gasteiger partial charge in [-0.25, -0.2) is 4.79 Å². The quantitative estimate of drug-likeness (QED) is 0.588. The molecular weight excluding hydrogens is 262 g/mol. The minimum Gasteiger partial charge on any atom is -0.458 e. The maximum Gasteiger partial charge on any atom is 0.362 e. The number of ether oxygens (including phenoxy) is 1. The Hall–Kier alpha value is -0.280.